The Morgan fingerprint density at radius 1 is 1.45 bits per heavy atom. The monoisotopic (exact) mass is 307 g/mol. The molecule has 2 unspecified atom stereocenters. The first-order valence-corrected chi connectivity index (χ1v) is 6.76. The Morgan fingerprint density at radius 3 is 2.64 bits per heavy atom. The van der Waals surface area contributed by atoms with E-state index < -0.39 is 23.9 Å². The van der Waals surface area contributed by atoms with Gasteiger partial charge in [0.05, 0.1) is 11.6 Å². The number of hydrogen-bond acceptors (Lipinski definition) is 6. The Bertz CT molecular complexity index is 575. The molecule has 2 atom stereocenters. The number of aliphatic hydroxyl groups excluding tert-OH is 2. The maximum Gasteiger partial charge on any atom is 0.407 e. The Kier molecular flexibility index (Phi) is 5.74. The minimum Gasteiger partial charge on any atom is -0.444 e. The minimum absolute atomic E-state index is 0.216. The summed E-state index contributed by atoms with van der Waals surface area (Å²) in [6.45, 7) is 4.93. The van der Waals surface area contributed by atoms with Gasteiger partial charge >= 0.3 is 6.09 Å². The van der Waals surface area contributed by atoms with Crippen molar-refractivity contribution in [3.8, 4) is 6.07 Å². The van der Waals surface area contributed by atoms with Crippen molar-refractivity contribution in [3.63, 3.8) is 0 Å². The van der Waals surface area contributed by atoms with E-state index in [-0.39, 0.29) is 17.8 Å². The van der Waals surface area contributed by atoms with Gasteiger partial charge in [-0.2, -0.15) is 5.26 Å². The average Bonchev–Trinajstić information content (AvgIpc) is 2.42. The van der Waals surface area contributed by atoms with Crippen molar-refractivity contribution in [1.29, 1.82) is 5.26 Å². The van der Waals surface area contributed by atoms with Gasteiger partial charge in [0, 0.05) is 17.8 Å². The van der Waals surface area contributed by atoms with Gasteiger partial charge in [-0.15, -0.1) is 0 Å². The van der Waals surface area contributed by atoms with Crippen LogP contribution in [0, 0.1) is 11.3 Å². The second-order valence-electron chi connectivity index (χ2n) is 5.85. The molecule has 1 rings (SSSR count). The molecule has 1 amide bonds. The third-order valence-corrected chi connectivity index (χ3v) is 2.75. The van der Waals surface area contributed by atoms with E-state index in [0.717, 1.165) is 0 Å². The van der Waals surface area contributed by atoms with Gasteiger partial charge in [-0.1, -0.05) is 0 Å². The zero-order chi connectivity index (χ0) is 16.9. The summed E-state index contributed by atoms with van der Waals surface area (Å²) < 4.78 is 5.02. The van der Waals surface area contributed by atoms with Crippen molar-refractivity contribution in [3.05, 3.63) is 29.3 Å². The van der Waals surface area contributed by atoms with E-state index in [9.17, 15) is 15.0 Å². The van der Waals surface area contributed by atoms with Crippen molar-refractivity contribution >= 4 is 11.8 Å². The molecular weight excluding hydrogens is 286 g/mol. The summed E-state index contributed by atoms with van der Waals surface area (Å²) in [5.41, 5.74) is 5.88. The highest BCUT2D eigenvalue weighted by Gasteiger charge is 2.23. The van der Waals surface area contributed by atoms with Crippen LogP contribution in [0.2, 0.25) is 0 Å². The van der Waals surface area contributed by atoms with Crippen molar-refractivity contribution in [1.82, 2.24) is 5.32 Å². The molecule has 7 heteroatoms. The van der Waals surface area contributed by atoms with Gasteiger partial charge in [-0.05, 0) is 39.0 Å². The van der Waals surface area contributed by atoms with Gasteiger partial charge in [-0.3, -0.25) is 0 Å². The number of benzene rings is 1. The Labute approximate surface area is 129 Å². The van der Waals surface area contributed by atoms with Crippen LogP contribution < -0.4 is 11.1 Å². The summed E-state index contributed by atoms with van der Waals surface area (Å²) in [6, 6.07) is 6.31. The van der Waals surface area contributed by atoms with Crippen LogP contribution >= 0.6 is 0 Å². The fraction of sp³-hybridized carbons (Fsp3) is 0.467. The third-order valence-electron chi connectivity index (χ3n) is 2.75. The smallest absolute Gasteiger partial charge is 0.407 e. The standard InChI is InChI=1S/C15H21N3O4/c1-15(2,3)22-14(21)18-8-12(19)13(20)10-6-9(7-16)4-5-11(10)17/h4-6,12-13,19-20H,8,17H2,1-3H3,(H,18,21). The second-order valence-corrected chi connectivity index (χ2v) is 5.85. The number of nitriles is 1. The van der Waals surface area contributed by atoms with Gasteiger partial charge in [-0.25, -0.2) is 4.79 Å². The van der Waals surface area contributed by atoms with Crippen LogP contribution in [-0.2, 0) is 4.74 Å². The van der Waals surface area contributed by atoms with Gasteiger partial charge < -0.3 is 26.0 Å². The van der Waals surface area contributed by atoms with E-state index in [1.807, 2.05) is 6.07 Å². The van der Waals surface area contributed by atoms with E-state index >= 15 is 0 Å². The number of nitrogens with zero attached hydrogens (tertiary/aromatic N) is 1. The molecule has 1 aromatic rings. The molecule has 7 nitrogen and oxygen atoms in total. The molecule has 0 aliphatic rings. The minimum atomic E-state index is -1.33. The molecule has 120 valence electrons. The molecule has 0 heterocycles. The second kappa shape index (κ2) is 7.11. The molecule has 5 N–H and O–H groups in total. The summed E-state index contributed by atoms with van der Waals surface area (Å²) in [5.74, 6) is 0. The van der Waals surface area contributed by atoms with E-state index in [1.165, 1.54) is 18.2 Å². The lowest BCUT2D eigenvalue weighted by Gasteiger charge is -2.22. The maximum atomic E-state index is 11.5. The number of carbonyl (C=O) groups is 1. The highest BCUT2D eigenvalue weighted by Crippen LogP contribution is 2.24. The number of nitrogens with one attached hydrogen (secondary N) is 1. The summed E-state index contributed by atoms with van der Waals surface area (Å²) in [5, 5.41) is 31.3. The third kappa shape index (κ3) is 5.24. The Morgan fingerprint density at radius 2 is 2.09 bits per heavy atom. The molecule has 0 aliphatic carbocycles. The van der Waals surface area contributed by atoms with Crippen molar-refractivity contribution in [2.24, 2.45) is 0 Å². The molecule has 1 aromatic carbocycles. The topological polar surface area (TPSA) is 129 Å². The summed E-state index contributed by atoms with van der Waals surface area (Å²) in [6.07, 6.45) is -3.32. The maximum absolute atomic E-state index is 11.5. The zero-order valence-corrected chi connectivity index (χ0v) is 12.8. The lowest BCUT2D eigenvalue weighted by Crippen LogP contribution is -2.39. The molecule has 0 fully saturated rings. The van der Waals surface area contributed by atoms with Crippen LogP contribution in [0.15, 0.2) is 18.2 Å². The first kappa shape index (κ1) is 17.8. The molecule has 0 saturated heterocycles. The Balaban J connectivity index is 2.68. The van der Waals surface area contributed by atoms with Crippen LogP contribution in [0.5, 0.6) is 0 Å². The van der Waals surface area contributed by atoms with Gasteiger partial charge in [0.25, 0.3) is 0 Å². The van der Waals surface area contributed by atoms with E-state index in [0.29, 0.717) is 5.56 Å². The number of amides is 1. The number of aliphatic hydroxyl groups is 2. The number of ether oxygens (including phenoxy) is 1. The van der Waals surface area contributed by atoms with E-state index in [2.05, 4.69) is 5.32 Å². The van der Waals surface area contributed by atoms with Crippen LogP contribution in [0.1, 0.15) is 38.0 Å². The molecule has 0 aromatic heterocycles. The summed E-state index contributed by atoms with van der Waals surface area (Å²) in [4.78, 5) is 11.5. The van der Waals surface area contributed by atoms with Crippen molar-refractivity contribution < 1.29 is 19.7 Å². The zero-order valence-electron chi connectivity index (χ0n) is 12.8. The number of carbonyl (C=O) groups excluding carboxylic acids is 1. The Hall–Kier alpha value is -2.30. The molecule has 0 aliphatic heterocycles. The number of nitrogen functional groups attached to an aromatic ring is 1. The van der Waals surface area contributed by atoms with E-state index in [4.69, 9.17) is 15.7 Å². The van der Waals surface area contributed by atoms with E-state index in [1.54, 1.807) is 20.8 Å². The fourth-order valence-electron chi connectivity index (χ4n) is 1.72. The van der Waals surface area contributed by atoms with Crippen LogP contribution in [-0.4, -0.2) is 34.6 Å². The lowest BCUT2D eigenvalue weighted by atomic mass is 10.0. The normalized spacial score (nSPS) is 13.8. The lowest BCUT2D eigenvalue weighted by molar-refractivity contribution is 0.0133. The molecular formula is C15H21N3O4. The highest BCUT2D eigenvalue weighted by molar-refractivity contribution is 5.67. The number of nitrogens with two attached hydrogens (primary N) is 1. The quantitative estimate of drug-likeness (QED) is 0.616. The number of hydrogen-bond donors (Lipinski definition) is 4. The van der Waals surface area contributed by atoms with Crippen LogP contribution in [0.4, 0.5) is 10.5 Å². The first-order valence-electron chi connectivity index (χ1n) is 6.76. The predicted octanol–water partition coefficient (Wildman–Crippen LogP) is 1.06. The molecule has 0 spiro atoms. The molecule has 22 heavy (non-hydrogen) atoms. The number of alkyl carbamates (subject to hydrolysis) is 1. The fourth-order valence-corrected chi connectivity index (χ4v) is 1.72. The van der Waals surface area contributed by atoms with Gasteiger partial charge in [0.15, 0.2) is 0 Å². The molecule has 0 saturated carbocycles. The van der Waals surface area contributed by atoms with Gasteiger partial charge in [0.1, 0.15) is 17.8 Å². The SMILES string of the molecule is CC(C)(C)OC(=O)NCC(O)C(O)c1cc(C#N)ccc1N. The van der Waals surface area contributed by atoms with Crippen LogP contribution in [0.3, 0.4) is 0 Å². The predicted molar refractivity (Wildman–Crippen MR) is 80.8 cm³/mol. The summed E-state index contributed by atoms with van der Waals surface area (Å²) in [7, 11) is 0. The largest absolute Gasteiger partial charge is 0.444 e. The van der Waals surface area contributed by atoms with Crippen molar-refractivity contribution in [2.75, 3.05) is 12.3 Å². The highest BCUT2D eigenvalue weighted by atomic mass is 16.6. The number of rotatable bonds is 4. The van der Waals surface area contributed by atoms with Crippen molar-refractivity contribution in [2.45, 2.75) is 38.6 Å². The average molecular weight is 307 g/mol. The first-order chi connectivity index (χ1) is 10.1. The molecule has 0 bridgehead atoms. The summed E-state index contributed by atoms with van der Waals surface area (Å²) >= 11 is 0. The molecule has 0 radical (unpaired) electrons. The van der Waals surface area contributed by atoms with Gasteiger partial charge in [0.2, 0.25) is 0 Å². The number of anilines is 1. The van der Waals surface area contributed by atoms with Crippen LogP contribution in [0.25, 0.3) is 0 Å².